The lowest BCUT2D eigenvalue weighted by molar-refractivity contribution is -0.121. The van der Waals surface area contributed by atoms with E-state index in [0.717, 1.165) is 33.4 Å². The third-order valence-electron chi connectivity index (χ3n) is 5.61. The van der Waals surface area contributed by atoms with E-state index in [1.165, 1.54) is 0 Å². The van der Waals surface area contributed by atoms with Crippen LogP contribution in [0.2, 0.25) is 0 Å². The molecule has 8 heteroatoms. The van der Waals surface area contributed by atoms with Gasteiger partial charge in [-0.3, -0.25) is 9.78 Å². The second-order valence-electron chi connectivity index (χ2n) is 7.43. The molecule has 1 aliphatic heterocycles. The number of rotatable bonds is 3. The molecular weight excluding hydrogens is 366 g/mol. The lowest BCUT2D eigenvalue weighted by Crippen LogP contribution is -2.58. The predicted octanol–water partition coefficient (Wildman–Crippen LogP) is 2.44. The number of para-hydroxylation sites is 1. The van der Waals surface area contributed by atoms with Gasteiger partial charge in [-0.1, -0.05) is 18.2 Å². The summed E-state index contributed by atoms with van der Waals surface area (Å²) in [6.07, 6.45) is 6.20. The van der Waals surface area contributed by atoms with Crippen LogP contribution in [-0.4, -0.2) is 44.5 Å². The Morgan fingerprint density at radius 3 is 2.72 bits per heavy atom. The fourth-order valence-corrected chi connectivity index (χ4v) is 3.92. The Labute approximate surface area is 167 Å². The van der Waals surface area contributed by atoms with Gasteiger partial charge in [-0.2, -0.15) is 0 Å². The number of nitrogens with zero attached hydrogens (tertiary/aromatic N) is 4. The number of hydrogen-bond acceptors (Lipinski definition) is 6. The number of nitrogens with one attached hydrogen (secondary N) is 2. The molecule has 0 atom stereocenters. The van der Waals surface area contributed by atoms with Crippen LogP contribution in [0, 0.1) is 0 Å². The molecule has 1 aliphatic rings. The number of aromatic nitrogens is 4. The van der Waals surface area contributed by atoms with Gasteiger partial charge in [-0.25, -0.2) is 9.97 Å². The minimum atomic E-state index is -0.900. The van der Waals surface area contributed by atoms with E-state index in [1.807, 2.05) is 36.4 Å². The van der Waals surface area contributed by atoms with E-state index in [9.17, 15) is 4.79 Å². The zero-order chi connectivity index (χ0) is 19.8. The van der Waals surface area contributed by atoms with Crippen molar-refractivity contribution < 1.29 is 4.79 Å². The van der Waals surface area contributed by atoms with E-state index in [-0.39, 0.29) is 5.91 Å². The van der Waals surface area contributed by atoms with Crippen molar-refractivity contribution in [1.29, 1.82) is 0 Å². The molecular formula is C21H21N7O. The Bertz CT molecular complexity index is 1180. The average Bonchev–Trinajstić information content (AvgIpc) is 3.14. The minimum absolute atomic E-state index is 0.144. The number of benzene rings is 1. The average molecular weight is 387 g/mol. The van der Waals surface area contributed by atoms with Gasteiger partial charge in [0.15, 0.2) is 0 Å². The third-order valence-corrected chi connectivity index (χ3v) is 5.61. The van der Waals surface area contributed by atoms with Gasteiger partial charge in [-0.15, -0.1) is 0 Å². The van der Waals surface area contributed by atoms with Crippen LogP contribution in [0.25, 0.3) is 21.9 Å². The van der Waals surface area contributed by atoms with E-state index in [1.54, 1.807) is 18.7 Å². The van der Waals surface area contributed by atoms with Crippen molar-refractivity contribution in [2.75, 3.05) is 23.3 Å². The highest BCUT2D eigenvalue weighted by Gasteiger charge is 2.38. The van der Waals surface area contributed by atoms with Gasteiger partial charge in [0.25, 0.3) is 0 Å². The summed E-state index contributed by atoms with van der Waals surface area (Å²) in [6.45, 7) is 1.28. The van der Waals surface area contributed by atoms with E-state index in [4.69, 9.17) is 5.73 Å². The van der Waals surface area contributed by atoms with Gasteiger partial charge in [-0.05, 0) is 31.0 Å². The molecule has 1 saturated heterocycles. The Morgan fingerprint density at radius 2 is 1.93 bits per heavy atom. The summed E-state index contributed by atoms with van der Waals surface area (Å²) >= 11 is 0. The molecule has 4 aromatic rings. The number of hydrogen-bond donors (Lipinski definition) is 3. The molecule has 4 heterocycles. The lowest BCUT2D eigenvalue weighted by Gasteiger charge is -2.38. The molecule has 29 heavy (non-hydrogen) atoms. The lowest BCUT2D eigenvalue weighted by atomic mass is 9.87. The number of nitrogens with two attached hydrogens (primary N) is 1. The summed E-state index contributed by atoms with van der Waals surface area (Å²) in [5.41, 5.74) is 8.06. The number of pyridine rings is 1. The monoisotopic (exact) mass is 387 g/mol. The van der Waals surface area contributed by atoms with Crippen molar-refractivity contribution in [3.63, 3.8) is 0 Å². The topological polar surface area (TPSA) is 113 Å². The minimum Gasteiger partial charge on any atom is -0.356 e. The first-order valence-corrected chi connectivity index (χ1v) is 9.61. The molecule has 0 aliphatic carbocycles. The standard InChI is InChI=1S/C21H21N7O/c22-21(20(29)26-14-4-2-1-3-5-14)7-10-28(11-8-21)19-17-15-6-9-23-12-16(15)27-18(17)24-13-25-19/h1-6,9,12-13H,7-8,10-11,22H2,(H,26,29)(H,24,25,27). The first-order valence-electron chi connectivity index (χ1n) is 9.61. The van der Waals surface area contributed by atoms with Crippen molar-refractivity contribution in [1.82, 2.24) is 19.9 Å². The SMILES string of the molecule is NC1(C(=O)Nc2ccccc2)CCN(c2ncnc3[nH]c4cnccc4c23)CC1. The van der Waals surface area contributed by atoms with Gasteiger partial charge < -0.3 is 20.9 Å². The first kappa shape index (κ1) is 17.6. The van der Waals surface area contributed by atoms with E-state index in [0.29, 0.717) is 25.9 Å². The van der Waals surface area contributed by atoms with Gasteiger partial charge in [0, 0.05) is 30.4 Å². The van der Waals surface area contributed by atoms with E-state index in [2.05, 4.69) is 30.2 Å². The second kappa shape index (κ2) is 6.82. The third kappa shape index (κ3) is 3.07. The Kier molecular flexibility index (Phi) is 4.13. The van der Waals surface area contributed by atoms with Gasteiger partial charge >= 0.3 is 0 Å². The van der Waals surface area contributed by atoms with Crippen molar-refractivity contribution in [3.05, 3.63) is 55.1 Å². The molecule has 4 N–H and O–H groups in total. The summed E-state index contributed by atoms with van der Waals surface area (Å²) in [5, 5.41) is 4.95. The maximum Gasteiger partial charge on any atom is 0.244 e. The summed E-state index contributed by atoms with van der Waals surface area (Å²) < 4.78 is 0. The van der Waals surface area contributed by atoms with Crippen LogP contribution < -0.4 is 16.0 Å². The second-order valence-corrected chi connectivity index (χ2v) is 7.43. The number of anilines is 2. The molecule has 146 valence electrons. The molecule has 5 rings (SSSR count). The Morgan fingerprint density at radius 1 is 1.14 bits per heavy atom. The number of carbonyl (C=O) groups is 1. The van der Waals surface area contributed by atoms with Gasteiger partial charge in [0.1, 0.15) is 17.8 Å². The molecule has 0 bridgehead atoms. The van der Waals surface area contributed by atoms with Crippen LogP contribution in [0.1, 0.15) is 12.8 Å². The summed E-state index contributed by atoms with van der Waals surface area (Å²) in [5.74, 6) is 0.715. The van der Waals surface area contributed by atoms with Gasteiger partial charge in [0.05, 0.1) is 22.6 Å². The molecule has 0 unspecified atom stereocenters. The van der Waals surface area contributed by atoms with E-state index < -0.39 is 5.54 Å². The fourth-order valence-electron chi connectivity index (χ4n) is 3.92. The van der Waals surface area contributed by atoms with E-state index >= 15 is 0 Å². The summed E-state index contributed by atoms with van der Waals surface area (Å²) in [4.78, 5) is 31.3. The predicted molar refractivity (Wildman–Crippen MR) is 113 cm³/mol. The van der Waals surface area contributed by atoms with Crippen LogP contribution >= 0.6 is 0 Å². The molecule has 1 fully saturated rings. The normalized spacial score (nSPS) is 16.2. The van der Waals surface area contributed by atoms with Crippen LogP contribution in [0.5, 0.6) is 0 Å². The maximum atomic E-state index is 12.8. The Hall–Kier alpha value is -3.52. The summed E-state index contributed by atoms with van der Waals surface area (Å²) in [6, 6.07) is 11.4. The largest absolute Gasteiger partial charge is 0.356 e. The van der Waals surface area contributed by atoms with Crippen LogP contribution in [-0.2, 0) is 4.79 Å². The Balaban J connectivity index is 1.39. The highest BCUT2D eigenvalue weighted by Crippen LogP contribution is 2.33. The number of fused-ring (bicyclic) bond motifs is 3. The first-order chi connectivity index (χ1) is 14.1. The van der Waals surface area contributed by atoms with Crippen molar-refractivity contribution in [3.8, 4) is 0 Å². The fraction of sp³-hybridized carbons (Fsp3) is 0.238. The summed E-state index contributed by atoms with van der Waals surface area (Å²) in [7, 11) is 0. The van der Waals surface area contributed by atoms with Crippen LogP contribution in [0.4, 0.5) is 11.5 Å². The zero-order valence-electron chi connectivity index (χ0n) is 15.8. The number of amides is 1. The quantitative estimate of drug-likeness (QED) is 0.498. The van der Waals surface area contributed by atoms with Crippen molar-refractivity contribution in [2.24, 2.45) is 5.73 Å². The van der Waals surface area contributed by atoms with Crippen LogP contribution in [0.15, 0.2) is 55.1 Å². The van der Waals surface area contributed by atoms with Crippen LogP contribution in [0.3, 0.4) is 0 Å². The number of aromatic amines is 1. The molecule has 8 nitrogen and oxygen atoms in total. The molecule has 0 radical (unpaired) electrons. The molecule has 0 saturated carbocycles. The molecule has 1 aromatic carbocycles. The number of H-pyrrole nitrogens is 1. The maximum absolute atomic E-state index is 12.8. The number of piperidine rings is 1. The van der Waals surface area contributed by atoms with Crippen molar-refractivity contribution in [2.45, 2.75) is 18.4 Å². The number of carbonyl (C=O) groups excluding carboxylic acids is 1. The smallest absolute Gasteiger partial charge is 0.244 e. The van der Waals surface area contributed by atoms with Gasteiger partial charge in [0.2, 0.25) is 5.91 Å². The molecule has 1 amide bonds. The molecule has 0 spiro atoms. The highest BCUT2D eigenvalue weighted by molar-refractivity contribution is 6.11. The molecule has 3 aromatic heterocycles. The highest BCUT2D eigenvalue weighted by atomic mass is 16.2. The van der Waals surface area contributed by atoms with Crippen molar-refractivity contribution >= 4 is 39.3 Å². The zero-order valence-corrected chi connectivity index (χ0v) is 15.8.